The molecule has 1 amide bonds. The fourth-order valence-electron chi connectivity index (χ4n) is 4.83. The van der Waals surface area contributed by atoms with Crippen LogP contribution in [0.3, 0.4) is 0 Å². The minimum atomic E-state index is -4.28. The van der Waals surface area contributed by atoms with Crippen LogP contribution in [0.1, 0.15) is 41.5 Å². The summed E-state index contributed by atoms with van der Waals surface area (Å²) in [6, 6.07) is 23.1. The molecule has 0 radical (unpaired) electrons. The molecule has 0 spiro atoms. The molecule has 40 heavy (non-hydrogen) atoms. The third-order valence-corrected chi connectivity index (χ3v) is 8.01. The van der Waals surface area contributed by atoms with Crippen molar-refractivity contribution in [3.63, 3.8) is 0 Å². The summed E-state index contributed by atoms with van der Waals surface area (Å²) in [6.07, 6.45) is 5.71. The van der Waals surface area contributed by atoms with Gasteiger partial charge in [0.05, 0.1) is 10.9 Å². The molecular weight excluding hydrogens is 533 g/mol. The largest absolute Gasteiger partial charge is 0.480 e. The highest BCUT2D eigenvalue weighted by Crippen LogP contribution is 2.45. The van der Waals surface area contributed by atoms with Gasteiger partial charge in [-0.15, -0.1) is 5.10 Å². The van der Waals surface area contributed by atoms with E-state index in [1.165, 1.54) is 11.6 Å². The first-order valence-electron chi connectivity index (χ1n) is 12.7. The van der Waals surface area contributed by atoms with Gasteiger partial charge in [-0.05, 0) is 70.4 Å². The molecule has 1 fully saturated rings. The number of nitrogens with zero attached hydrogens (tertiary/aromatic N) is 1. The lowest BCUT2D eigenvalue weighted by Gasteiger charge is -2.31. The minimum absolute atomic E-state index is 0.346. The maximum Gasteiger partial charge on any atom is 0.320 e. The molecule has 1 saturated carbocycles. The van der Waals surface area contributed by atoms with Crippen molar-refractivity contribution in [1.82, 2.24) is 14.9 Å². The molecule has 1 aliphatic carbocycles. The van der Waals surface area contributed by atoms with Gasteiger partial charge in [-0.3, -0.25) is 14.7 Å². The number of carbonyl (C=O) groups excluding carboxylic acids is 1. The molecule has 8 nitrogen and oxygen atoms in total. The number of allylic oxidation sites excluding steroid dienone is 1. The van der Waals surface area contributed by atoms with Gasteiger partial charge in [0.2, 0.25) is 16.0 Å². The summed E-state index contributed by atoms with van der Waals surface area (Å²) in [6.45, 7) is 0. The number of aromatic nitrogens is 2. The molecule has 1 aliphatic rings. The zero-order valence-electron chi connectivity index (χ0n) is 21.3. The normalized spacial score (nSPS) is 14.6. The first kappa shape index (κ1) is 27.0. The van der Waals surface area contributed by atoms with Crippen LogP contribution in [0.4, 0.5) is 4.39 Å². The zero-order chi connectivity index (χ0) is 28.3. The Morgan fingerprint density at radius 3 is 2.35 bits per heavy atom. The number of aliphatic carboxylic acids is 1. The van der Waals surface area contributed by atoms with Crippen molar-refractivity contribution < 1.29 is 27.5 Å². The second-order valence-corrected chi connectivity index (χ2v) is 11.4. The van der Waals surface area contributed by atoms with Gasteiger partial charge in [-0.25, -0.2) is 13.1 Å². The van der Waals surface area contributed by atoms with E-state index in [1.54, 1.807) is 22.9 Å². The van der Waals surface area contributed by atoms with Crippen LogP contribution in [-0.2, 0) is 19.6 Å². The highest BCUT2D eigenvalue weighted by Gasteiger charge is 2.27. The number of sulfonamides is 1. The summed E-state index contributed by atoms with van der Waals surface area (Å²) in [7, 11) is -4.28. The van der Waals surface area contributed by atoms with Crippen molar-refractivity contribution >= 4 is 50.0 Å². The number of H-pyrrole nitrogens is 1. The van der Waals surface area contributed by atoms with E-state index >= 15 is 0 Å². The number of carboxylic acid groups (broad SMARTS) is 1. The fourth-order valence-corrected chi connectivity index (χ4v) is 5.60. The average molecular weight is 560 g/mol. The molecule has 0 saturated heterocycles. The highest BCUT2D eigenvalue weighted by molar-refractivity contribution is 7.90. The molecule has 3 N–H and O–H groups in total. The molecule has 1 heterocycles. The van der Waals surface area contributed by atoms with Gasteiger partial charge >= 0.3 is 5.97 Å². The number of amides is 1. The smallest absolute Gasteiger partial charge is 0.320 e. The number of halogens is 1. The van der Waals surface area contributed by atoms with Crippen molar-refractivity contribution in [1.29, 1.82) is 0 Å². The van der Waals surface area contributed by atoms with Gasteiger partial charge in [0.1, 0.15) is 0 Å². The van der Waals surface area contributed by atoms with Crippen LogP contribution in [0.15, 0.2) is 78.9 Å². The third kappa shape index (κ3) is 6.02. The van der Waals surface area contributed by atoms with Crippen molar-refractivity contribution in [2.75, 3.05) is 5.75 Å². The lowest BCUT2D eigenvalue weighted by Crippen LogP contribution is -2.33. The molecule has 5 rings (SSSR count). The minimum Gasteiger partial charge on any atom is -0.480 e. The van der Waals surface area contributed by atoms with Crippen molar-refractivity contribution in [2.24, 2.45) is 5.92 Å². The molecule has 204 valence electrons. The van der Waals surface area contributed by atoms with Crippen LogP contribution in [0, 0.1) is 11.9 Å². The van der Waals surface area contributed by atoms with E-state index in [-0.39, 0.29) is 0 Å². The maximum absolute atomic E-state index is 14.5. The summed E-state index contributed by atoms with van der Waals surface area (Å²) in [5.74, 6) is -3.92. The Hall–Kier alpha value is -4.57. The monoisotopic (exact) mass is 559 g/mol. The molecule has 0 unspecified atom stereocenters. The lowest BCUT2D eigenvalue weighted by atomic mass is 9.73. The number of rotatable bonds is 9. The topological polar surface area (TPSA) is 129 Å². The SMILES string of the molecule is O=C(O)CS(=O)(=O)NC(=O)/C=C/c1ccc(/C(=C(\c2ccccc2)C2CCC2)c2ccc3[nH]nc(F)c3c2)cc1. The number of aromatic amines is 1. The van der Waals surface area contributed by atoms with E-state index in [1.807, 2.05) is 42.5 Å². The third-order valence-electron chi connectivity index (χ3n) is 6.87. The van der Waals surface area contributed by atoms with Crippen molar-refractivity contribution in [3.05, 3.63) is 107 Å². The molecule has 0 bridgehead atoms. The van der Waals surface area contributed by atoms with Gasteiger partial charge in [0.25, 0.3) is 5.91 Å². The number of carbonyl (C=O) groups is 2. The second kappa shape index (κ2) is 11.3. The van der Waals surface area contributed by atoms with E-state index in [9.17, 15) is 22.4 Å². The fraction of sp³-hybridized carbons (Fsp3) is 0.167. The van der Waals surface area contributed by atoms with Crippen molar-refractivity contribution in [3.8, 4) is 0 Å². The average Bonchev–Trinajstić information content (AvgIpc) is 3.26. The number of carboxylic acids is 1. The van der Waals surface area contributed by atoms with E-state index in [4.69, 9.17) is 5.11 Å². The van der Waals surface area contributed by atoms with Crippen LogP contribution >= 0.6 is 0 Å². The Kier molecular flexibility index (Phi) is 7.61. The summed E-state index contributed by atoms with van der Waals surface area (Å²) in [5, 5.41) is 15.5. The lowest BCUT2D eigenvalue weighted by molar-refractivity contribution is -0.134. The Bertz CT molecular complexity index is 1740. The van der Waals surface area contributed by atoms with E-state index < -0.39 is 33.6 Å². The number of benzene rings is 3. The predicted molar refractivity (Wildman–Crippen MR) is 151 cm³/mol. The number of fused-ring (bicyclic) bond motifs is 1. The van der Waals surface area contributed by atoms with Crippen LogP contribution in [0.25, 0.3) is 28.1 Å². The summed E-state index contributed by atoms with van der Waals surface area (Å²) in [4.78, 5) is 22.7. The molecular formula is C30H26FN3O5S. The summed E-state index contributed by atoms with van der Waals surface area (Å²) >= 11 is 0. The maximum atomic E-state index is 14.5. The van der Waals surface area contributed by atoms with Gasteiger partial charge in [-0.1, -0.05) is 67.1 Å². The standard InChI is InChI=1S/C30H26FN3O5S/c31-30-24-17-23(14-15-25(24)32-33-30)29(28(21-7-4-8-21)20-5-2-1-3-6-20)22-12-9-19(10-13-22)11-16-26(35)34-40(38,39)18-27(36)37/h1-3,5-6,9-17,21H,4,7-8,18H2,(H,32,33)(H,34,35)(H,36,37)/b16-11+,29-28-. The Labute approximate surface area is 230 Å². The highest BCUT2D eigenvalue weighted by atomic mass is 32.2. The second-order valence-electron chi connectivity index (χ2n) is 9.63. The van der Waals surface area contributed by atoms with Gasteiger partial charge in [0, 0.05) is 6.08 Å². The number of hydrogen-bond acceptors (Lipinski definition) is 5. The Balaban J connectivity index is 1.54. The molecule has 1 aromatic heterocycles. The first-order chi connectivity index (χ1) is 19.2. The van der Waals surface area contributed by atoms with E-state index in [0.717, 1.165) is 47.6 Å². The Morgan fingerprint density at radius 1 is 1.00 bits per heavy atom. The quantitative estimate of drug-likeness (QED) is 0.195. The molecule has 0 aliphatic heterocycles. The summed E-state index contributed by atoms with van der Waals surface area (Å²) in [5.41, 5.74) is 6.25. The molecule has 10 heteroatoms. The zero-order valence-corrected chi connectivity index (χ0v) is 22.1. The van der Waals surface area contributed by atoms with E-state index in [2.05, 4.69) is 22.3 Å². The van der Waals surface area contributed by atoms with Crippen molar-refractivity contribution in [2.45, 2.75) is 19.3 Å². The van der Waals surface area contributed by atoms with Gasteiger partial charge < -0.3 is 5.11 Å². The van der Waals surface area contributed by atoms with Crippen LogP contribution < -0.4 is 4.72 Å². The Morgan fingerprint density at radius 2 is 1.70 bits per heavy atom. The first-order valence-corrected chi connectivity index (χ1v) is 14.3. The van der Waals surface area contributed by atoms with Crippen LogP contribution in [-0.4, -0.2) is 41.4 Å². The van der Waals surface area contributed by atoms with E-state index in [0.29, 0.717) is 22.4 Å². The van der Waals surface area contributed by atoms with Gasteiger partial charge in [-0.2, -0.15) is 4.39 Å². The molecule has 3 aromatic carbocycles. The predicted octanol–water partition coefficient (Wildman–Crippen LogP) is 5.01. The number of hydrogen-bond donors (Lipinski definition) is 3. The molecule has 0 atom stereocenters. The molecule has 4 aromatic rings. The van der Waals surface area contributed by atoms with Gasteiger partial charge in [0.15, 0.2) is 5.75 Å². The van der Waals surface area contributed by atoms with Crippen LogP contribution in [0.2, 0.25) is 0 Å². The van der Waals surface area contributed by atoms with Crippen LogP contribution in [0.5, 0.6) is 0 Å². The number of nitrogens with one attached hydrogen (secondary N) is 2. The summed E-state index contributed by atoms with van der Waals surface area (Å²) < 4.78 is 39.5.